The smallest absolute Gasteiger partial charge is 0.261 e. The number of amides is 1. The Bertz CT molecular complexity index is 800. The summed E-state index contributed by atoms with van der Waals surface area (Å²) in [6, 6.07) is 11.9. The van der Waals surface area contributed by atoms with E-state index in [2.05, 4.69) is 6.92 Å². The molecule has 2 aromatic carbocycles. The van der Waals surface area contributed by atoms with Gasteiger partial charge in [-0.05, 0) is 55.7 Å². The first-order chi connectivity index (χ1) is 12.1. The summed E-state index contributed by atoms with van der Waals surface area (Å²) in [6.07, 6.45) is 0.808. The third kappa shape index (κ3) is 3.14. The maximum absolute atomic E-state index is 12.6. The monoisotopic (exact) mass is 339 g/mol. The molecule has 4 rings (SSSR count). The number of hydrogen-bond donors (Lipinski definition) is 0. The van der Waals surface area contributed by atoms with Crippen molar-refractivity contribution in [2.75, 3.05) is 13.4 Å². The number of carbonyl (C=O) groups excluding carboxylic acids is 1. The van der Waals surface area contributed by atoms with Crippen molar-refractivity contribution in [1.82, 2.24) is 4.90 Å². The number of rotatable bonds is 3. The zero-order chi connectivity index (χ0) is 17.4. The summed E-state index contributed by atoms with van der Waals surface area (Å²) < 4.78 is 16.5. The molecule has 0 bridgehead atoms. The van der Waals surface area contributed by atoms with Crippen molar-refractivity contribution >= 4 is 5.91 Å². The molecule has 2 aliphatic heterocycles. The lowest BCUT2D eigenvalue weighted by Gasteiger charge is -2.35. The van der Waals surface area contributed by atoms with E-state index in [0.717, 1.165) is 23.5 Å². The Kier molecular flexibility index (Phi) is 3.99. The molecule has 2 aliphatic rings. The van der Waals surface area contributed by atoms with E-state index < -0.39 is 0 Å². The summed E-state index contributed by atoms with van der Waals surface area (Å²) in [7, 11) is 0. The van der Waals surface area contributed by atoms with Crippen molar-refractivity contribution in [3.05, 3.63) is 53.1 Å². The largest absolute Gasteiger partial charge is 0.484 e. The molecule has 0 N–H and O–H groups in total. The van der Waals surface area contributed by atoms with Gasteiger partial charge in [0.15, 0.2) is 18.1 Å². The van der Waals surface area contributed by atoms with Crippen LogP contribution in [0.25, 0.3) is 0 Å². The quantitative estimate of drug-likeness (QED) is 0.862. The van der Waals surface area contributed by atoms with Crippen molar-refractivity contribution in [2.24, 2.45) is 0 Å². The van der Waals surface area contributed by atoms with Crippen LogP contribution in [0.3, 0.4) is 0 Å². The summed E-state index contributed by atoms with van der Waals surface area (Å²) in [4.78, 5) is 14.5. The fourth-order valence-corrected chi connectivity index (χ4v) is 3.33. The van der Waals surface area contributed by atoms with Gasteiger partial charge in [0, 0.05) is 12.6 Å². The summed E-state index contributed by atoms with van der Waals surface area (Å²) in [6.45, 7) is 4.97. The minimum atomic E-state index is -0.00334. The van der Waals surface area contributed by atoms with E-state index in [1.165, 1.54) is 11.1 Å². The number of benzene rings is 2. The Morgan fingerprint density at radius 1 is 1.16 bits per heavy atom. The molecule has 0 aromatic heterocycles. The highest BCUT2D eigenvalue weighted by molar-refractivity contribution is 5.78. The molecule has 25 heavy (non-hydrogen) atoms. The van der Waals surface area contributed by atoms with Gasteiger partial charge in [0.05, 0.1) is 0 Å². The minimum Gasteiger partial charge on any atom is -0.484 e. The maximum Gasteiger partial charge on any atom is 0.261 e. The van der Waals surface area contributed by atoms with E-state index in [-0.39, 0.29) is 25.3 Å². The van der Waals surface area contributed by atoms with E-state index in [4.69, 9.17) is 14.2 Å². The lowest BCUT2D eigenvalue weighted by molar-refractivity contribution is -0.136. The molecule has 0 radical (unpaired) electrons. The highest BCUT2D eigenvalue weighted by atomic mass is 16.7. The molecule has 1 amide bonds. The van der Waals surface area contributed by atoms with Gasteiger partial charge < -0.3 is 19.1 Å². The number of aryl methyl sites for hydroxylation is 1. The first-order valence-corrected chi connectivity index (χ1v) is 8.50. The first kappa shape index (κ1) is 15.8. The first-order valence-electron chi connectivity index (χ1n) is 8.50. The second kappa shape index (κ2) is 6.31. The van der Waals surface area contributed by atoms with Crippen LogP contribution in [-0.2, 0) is 17.8 Å². The lowest BCUT2D eigenvalue weighted by atomic mass is 9.94. The second-order valence-electron chi connectivity index (χ2n) is 6.65. The van der Waals surface area contributed by atoms with Gasteiger partial charge in [-0.25, -0.2) is 0 Å². The van der Waals surface area contributed by atoms with Crippen LogP contribution in [0.1, 0.15) is 23.6 Å². The third-order valence-electron chi connectivity index (χ3n) is 4.79. The van der Waals surface area contributed by atoms with Crippen molar-refractivity contribution in [3.63, 3.8) is 0 Å². The Balaban J connectivity index is 1.45. The van der Waals surface area contributed by atoms with E-state index in [0.29, 0.717) is 12.3 Å². The summed E-state index contributed by atoms with van der Waals surface area (Å²) in [5.41, 5.74) is 3.50. The molecule has 0 fully saturated rings. The molecular weight excluding hydrogens is 318 g/mol. The highest BCUT2D eigenvalue weighted by Gasteiger charge is 2.29. The average molecular weight is 339 g/mol. The van der Waals surface area contributed by atoms with Gasteiger partial charge in [0.1, 0.15) is 5.75 Å². The van der Waals surface area contributed by atoms with E-state index >= 15 is 0 Å². The van der Waals surface area contributed by atoms with Crippen LogP contribution in [0.15, 0.2) is 36.4 Å². The Hall–Kier alpha value is -2.69. The molecule has 1 atom stereocenters. The van der Waals surface area contributed by atoms with Gasteiger partial charge in [0.25, 0.3) is 5.91 Å². The lowest BCUT2D eigenvalue weighted by Crippen LogP contribution is -2.44. The van der Waals surface area contributed by atoms with Crippen molar-refractivity contribution in [1.29, 1.82) is 0 Å². The van der Waals surface area contributed by atoms with Crippen molar-refractivity contribution in [2.45, 2.75) is 32.9 Å². The molecule has 130 valence electrons. The summed E-state index contributed by atoms with van der Waals surface area (Å²) in [5, 5.41) is 0. The van der Waals surface area contributed by atoms with Crippen LogP contribution in [-0.4, -0.2) is 30.2 Å². The number of nitrogens with zero attached hydrogens (tertiary/aromatic N) is 1. The topological polar surface area (TPSA) is 48.0 Å². The zero-order valence-corrected chi connectivity index (χ0v) is 14.5. The van der Waals surface area contributed by atoms with E-state index in [9.17, 15) is 4.79 Å². The van der Waals surface area contributed by atoms with Crippen LogP contribution in [0, 0.1) is 6.92 Å². The molecular formula is C20H21NO4. The Morgan fingerprint density at radius 3 is 2.56 bits per heavy atom. The van der Waals surface area contributed by atoms with Crippen LogP contribution >= 0.6 is 0 Å². The molecule has 1 unspecified atom stereocenters. The zero-order valence-electron chi connectivity index (χ0n) is 14.5. The predicted molar refractivity (Wildman–Crippen MR) is 93.0 cm³/mol. The number of hydrogen-bond acceptors (Lipinski definition) is 4. The standard InChI is InChI=1S/C20H21NO4/c1-13-3-5-17(6-4-13)23-11-20(22)21-10-16-9-19-18(24-12-25-19)8-15(16)7-14(21)2/h3-6,8-9,14H,7,10-12H2,1-2H3. The van der Waals surface area contributed by atoms with Gasteiger partial charge in [-0.15, -0.1) is 0 Å². The Labute approximate surface area is 147 Å². The molecule has 0 spiro atoms. The Morgan fingerprint density at radius 2 is 1.84 bits per heavy atom. The maximum atomic E-state index is 12.6. The number of ether oxygens (including phenoxy) is 3. The SMILES string of the molecule is Cc1ccc(OCC(=O)N2Cc3cc4c(cc3CC2C)OCO4)cc1. The molecule has 2 heterocycles. The van der Waals surface area contributed by atoms with Crippen molar-refractivity contribution in [3.8, 4) is 17.2 Å². The molecule has 5 heteroatoms. The molecule has 5 nitrogen and oxygen atoms in total. The van der Waals surface area contributed by atoms with E-state index in [1.54, 1.807) is 0 Å². The minimum absolute atomic E-state index is 0.00334. The molecule has 0 aliphatic carbocycles. The summed E-state index contributed by atoms with van der Waals surface area (Å²) >= 11 is 0. The second-order valence-corrected chi connectivity index (χ2v) is 6.65. The number of carbonyl (C=O) groups is 1. The average Bonchev–Trinajstić information content (AvgIpc) is 3.05. The number of fused-ring (bicyclic) bond motifs is 2. The highest BCUT2D eigenvalue weighted by Crippen LogP contribution is 2.37. The van der Waals surface area contributed by atoms with Crippen LogP contribution in [0.4, 0.5) is 0 Å². The van der Waals surface area contributed by atoms with Crippen LogP contribution < -0.4 is 14.2 Å². The fourth-order valence-electron chi connectivity index (χ4n) is 3.33. The van der Waals surface area contributed by atoms with Crippen molar-refractivity contribution < 1.29 is 19.0 Å². The van der Waals surface area contributed by atoms with Crippen LogP contribution in [0.2, 0.25) is 0 Å². The molecule has 0 saturated heterocycles. The van der Waals surface area contributed by atoms with Gasteiger partial charge in [0.2, 0.25) is 6.79 Å². The molecule has 0 saturated carbocycles. The van der Waals surface area contributed by atoms with Gasteiger partial charge >= 0.3 is 0 Å². The van der Waals surface area contributed by atoms with Gasteiger partial charge in [-0.3, -0.25) is 4.79 Å². The third-order valence-corrected chi connectivity index (χ3v) is 4.79. The summed E-state index contributed by atoms with van der Waals surface area (Å²) in [5.74, 6) is 2.27. The van der Waals surface area contributed by atoms with Crippen LogP contribution in [0.5, 0.6) is 17.2 Å². The molecule has 2 aromatic rings. The predicted octanol–water partition coefficient (Wildman–Crippen LogP) is 3.08. The van der Waals surface area contributed by atoms with Gasteiger partial charge in [-0.2, -0.15) is 0 Å². The van der Waals surface area contributed by atoms with E-state index in [1.807, 2.05) is 48.2 Å². The van der Waals surface area contributed by atoms with Gasteiger partial charge in [-0.1, -0.05) is 17.7 Å². The fraction of sp³-hybridized carbons (Fsp3) is 0.350. The normalized spacial score (nSPS) is 18.0.